The minimum Gasteiger partial charge on any atom is -0.398 e. The van der Waals surface area contributed by atoms with Crippen LogP contribution >= 0.6 is 0 Å². The normalized spacial score (nSPS) is 26.9. The van der Waals surface area contributed by atoms with Gasteiger partial charge in [0.25, 0.3) is 0 Å². The number of fused-ring (bicyclic) bond motifs is 1. The van der Waals surface area contributed by atoms with Crippen LogP contribution in [0.2, 0.25) is 0 Å². The molecule has 1 aromatic carbocycles. The lowest BCUT2D eigenvalue weighted by Crippen LogP contribution is -2.41. The monoisotopic (exact) mass is 357 g/mol. The van der Waals surface area contributed by atoms with Gasteiger partial charge in [0.15, 0.2) is 0 Å². The number of nitrogens with one attached hydrogen (secondary N) is 1. The number of allylic oxidation sites excluding steroid dienone is 1. The van der Waals surface area contributed by atoms with Crippen LogP contribution < -0.4 is 5.32 Å². The lowest BCUT2D eigenvalue weighted by molar-refractivity contribution is 0.00578. The highest BCUT2D eigenvalue weighted by Gasteiger charge is 2.53. The smallest absolute Gasteiger partial charge is 0.398 e. The molecule has 0 saturated carbocycles. The third kappa shape index (κ3) is 3.04. The first-order valence-electron chi connectivity index (χ1n) is 9.86. The van der Waals surface area contributed by atoms with Crippen LogP contribution in [0.1, 0.15) is 69.6 Å². The van der Waals surface area contributed by atoms with Crippen LogP contribution in [0.15, 0.2) is 23.9 Å². The molecule has 1 N–H and O–H groups in total. The molecule has 0 radical (unpaired) electrons. The van der Waals surface area contributed by atoms with Gasteiger partial charge in [0, 0.05) is 0 Å². The summed E-state index contributed by atoms with van der Waals surface area (Å²) >= 11 is 0. The van der Waals surface area contributed by atoms with Crippen LogP contribution in [0.25, 0.3) is 5.57 Å². The Morgan fingerprint density at radius 3 is 2.38 bits per heavy atom. The maximum atomic E-state index is 15.3. The van der Waals surface area contributed by atoms with Gasteiger partial charge in [0.2, 0.25) is 0 Å². The van der Waals surface area contributed by atoms with Crippen LogP contribution in [0.5, 0.6) is 0 Å². The minimum absolute atomic E-state index is 0.253. The molecule has 1 aromatic rings. The van der Waals surface area contributed by atoms with E-state index in [9.17, 15) is 0 Å². The van der Waals surface area contributed by atoms with Gasteiger partial charge < -0.3 is 14.6 Å². The Morgan fingerprint density at radius 1 is 1.08 bits per heavy atom. The summed E-state index contributed by atoms with van der Waals surface area (Å²) in [7, 11) is -0.898. The summed E-state index contributed by atoms with van der Waals surface area (Å²) in [6, 6.07) is 6.60. The first-order valence-corrected chi connectivity index (χ1v) is 9.86. The maximum Gasteiger partial charge on any atom is 0.525 e. The largest absolute Gasteiger partial charge is 0.525 e. The molecule has 26 heavy (non-hydrogen) atoms. The van der Waals surface area contributed by atoms with E-state index in [1.54, 1.807) is 0 Å². The van der Waals surface area contributed by atoms with Gasteiger partial charge in [0.1, 0.15) is 5.73 Å². The molecule has 0 atom stereocenters. The Labute approximate surface area is 156 Å². The van der Waals surface area contributed by atoms with Crippen LogP contribution in [0.4, 0.5) is 4.39 Å². The average Bonchev–Trinajstić information content (AvgIpc) is 3.12. The first kappa shape index (κ1) is 18.2. The molecule has 3 aliphatic rings. The number of hydrogen-bond acceptors (Lipinski definition) is 3. The number of halogens is 1. The first-order chi connectivity index (χ1) is 12.3. The van der Waals surface area contributed by atoms with Gasteiger partial charge in [-0.15, -0.1) is 0 Å². The van der Waals surface area contributed by atoms with Crippen molar-refractivity contribution in [3.8, 4) is 0 Å². The van der Waals surface area contributed by atoms with E-state index in [0.29, 0.717) is 5.92 Å². The molecule has 0 spiro atoms. The van der Waals surface area contributed by atoms with E-state index in [1.807, 2.05) is 27.7 Å². The van der Waals surface area contributed by atoms with Crippen molar-refractivity contribution in [3.63, 3.8) is 0 Å². The third-order valence-corrected chi connectivity index (χ3v) is 6.66. The second kappa shape index (κ2) is 6.47. The second-order valence-electron chi connectivity index (χ2n) is 8.86. The Kier molecular flexibility index (Phi) is 4.53. The predicted molar refractivity (Wildman–Crippen MR) is 104 cm³/mol. The Balaban J connectivity index is 1.60. The fourth-order valence-corrected chi connectivity index (χ4v) is 4.26. The van der Waals surface area contributed by atoms with Crippen LogP contribution in [-0.4, -0.2) is 31.4 Å². The number of hydrogen-bond donors (Lipinski definition) is 1. The molecular formula is C21H29BFNO2. The summed E-state index contributed by atoms with van der Waals surface area (Å²) in [4.78, 5) is 0. The highest BCUT2D eigenvalue weighted by atomic mass is 19.1. The zero-order valence-corrected chi connectivity index (χ0v) is 16.3. The average molecular weight is 357 g/mol. The topological polar surface area (TPSA) is 30.5 Å². The molecule has 2 aliphatic heterocycles. The summed E-state index contributed by atoms with van der Waals surface area (Å²) in [5, 5.41) is 3.42. The van der Waals surface area contributed by atoms with Gasteiger partial charge in [-0.05, 0) is 94.6 Å². The van der Waals surface area contributed by atoms with Crippen molar-refractivity contribution >= 4 is 12.7 Å². The van der Waals surface area contributed by atoms with Gasteiger partial charge in [-0.2, -0.15) is 0 Å². The van der Waals surface area contributed by atoms with E-state index < -0.39 is 18.3 Å². The molecule has 1 aliphatic carbocycles. The number of aryl methyl sites for hydroxylation is 1. The second-order valence-corrected chi connectivity index (χ2v) is 8.86. The van der Waals surface area contributed by atoms with Crippen LogP contribution in [-0.2, 0) is 15.7 Å². The van der Waals surface area contributed by atoms with E-state index >= 15 is 4.39 Å². The summed E-state index contributed by atoms with van der Waals surface area (Å²) in [5.41, 5.74) is 3.18. The van der Waals surface area contributed by atoms with Gasteiger partial charge in [0.05, 0.1) is 11.2 Å². The van der Waals surface area contributed by atoms with Crippen LogP contribution in [0.3, 0.4) is 0 Å². The maximum absolute atomic E-state index is 15.3. The van der Waals surface area contributed by atoms with E-state index in [0.717, 1.165) is 37.1 Å². The zero-order valence-electron chi connectivity index (χ0n) is 16.3. The molecule has 0 amide bonds. The van der Waals surface area contributed by atoms with E-state index in [-0.39, 0.29) is 5.73 Å². The van der Waals surface area contributed by atoms with Gasteiger partial charge in [-0.25, -0.2) is 4.39 Å². The van der Waals surface area contributed by atoms with E-state index in [2.05, 4.69) is 23.5 Å². The summed E-state index contributed by atoms with van der Waals surface area (Å²) < 4.78 is 27.1. The van der Waals surface area contributed by atoms with E-state index in [4.69, 9.17) is 9.31 Å². The fourth-order valence-electron chi connectivity index (χ4n) is 4.26. The summed E-state index contributed by atoms with van der Waals surface area (Å²) in [6.45, 7) is 10.0. The molecule has 5 heteroatoms. The number of benzene rings is 1. The Morgan fingerprint density at radius 2 is 1.73 bits per heavy atom. The van der Waals surface area contributed by atoms with Crippen LogP contribution in [0, 0.1) is 0 Å². The molecule has 2 fully saturated rings. The van der Waals surface area contributed by atoms with E-state index in [1.165, 1.54) is 24.0 Å². The molecule has 3 nitrogen and oxygen atoms in total. The lowest BCUT2D eigenvalue weighted by atomic mass is 9.82. The number of rotatable bonds is 2. The van der Waals surface area contributed by atoms with Gasteiger partial charge in [-0.3, -0.25) is 0 Å². The van der Waals surface area contributed by atoms with Crippen molar-refractivity contribution in [2.45, 2.75) is 70.5 Å². The van der Waals surface area contributed by atoms with Crippen molar-refractivity contribution < 1.29 is 13.7 Å². The highest BCUT2D eigenvalue weighted by Crippen LogP contribution is 2.43. The molecular weight excluding hydrogens is 328 g/mol. The molecule has 0 unspecified atom stereocenters. The Hall–Kier alpha value is -1.17. The molecule has 4 rings (SSSR count). The van der Waals surface area contributed by atoms with Gasteiger partial charge in [-0.1, -0.05) is 18.2 Å². The molecule has 2 saturated heterocycles. The fraction of sp³-hybridized carbons (Fsp3) is 0.619. The standard InChI is InChI=1S/C21H29BFNO2/c1-20(2)21(3,4)26-22(25-20)19(23)18-8-6-16-13-15(5-7-17(16)18)14-9-11-24-12-10-14/h5,7,13-14,24H,6,8-12H2,1-4H3. The van der Waals surface area contributed by atoms with Crippen molar-refractivity contribution in [2.75, 3.05) is 13.1 Å². The lowest BCUT2D eigenvalue weighted by Gasteiger charge is -2.32. The predicted octanol–water partition coefficient (Wildman–Crippen LogP) is 4.41. The summed E-state index contributed by atoms with van der Waals surface area (Å²) in [5.74, 6) is 0.627. The Bertz CT molecular complexity index is 722. The third-order valence-electron chi connectivity index (χ3n) is 6.66. The highest BCUT2D eigenvalue weighted by molar-refractivity contribution is 6.55. The van der Waals surface area contributed by atoms with Gasteiger partial charge >= 0.3 is 7.12 Å². The molecule has 140 valence electrons. The van der Waals surface area contributed by atoms with Crippen molar-refractivity contribution in [3.05, 3.63) is 40.6 Å². The quantitative estimate of drug-likeness (QED) is 0.796. The van der Waals surface area contributed by atoms with Crippen molar-refractivity contribution in [1.29, 1.82) is 0 Å². The minimum atomic E-state index is -0.898. The molecule has 2 heterocycles. The SMILES string of the molecule is CC1(C)OB(C(F)=C2CCc3cc(C4CCNCC4)ccc32)OC1(C)C. The number of piperidine rings is 1. The molecule has 0 bridgehead atoms. The summed E-state index contributed by atoms with van der Waals surface area (Å²) in [6.07, 6.45) is 3.99. The molecule has 0 aromatic heterocycles. The van der Waals surface area contributed by atoms with Crippen molar-refractivity contribution in [2.24, 2.45) is 0 Å². The zero-order chi connectivity index (χ0) is 18.5. The van der Waals surface area contributed by atoms with Crippen molar-refractivity contribution in [1.82, 2.24) is 5.32 Å².